The smallest absolute Gasteiger partial charge is 0.270 e. The number of thioether (sulfide) groups is 1. The van der Waals surface area contributed by atoms with Crippen LogP contribution in [0.3, 0.4) is 0 Å². The lowest BCUT2D eigenvalue weighted by molar-refractivity contribution is -0.384. The molecule has 2 aromatic carbocycles. The largest absolute Gasteiger partial charge is 0.488 e. The molecule has 1 fully saturated rings. The molecule has 6 nitrogen and oxygen atoms in total. The predicted octanol–water partition coefficient (Wildman–Crippen LogP) is 3.97. The molecule has 1 N–H and O–H groups in total. The minimum atomic E-state index is -0.486. The van der Waals surface area contributed by atoms with Crippen LogP contribution in [0.25, 0.3) is 6.08 Å². The molecule has 2 aromatic rings. The maximum atomic E-state index is 11.9. The number of nitrogens with zero attached hydrogens (tertiary/aromatic N) is 1. The van der Waals surface area contributed by atoms with E-state index in [-0.39, 0.29) is 11.6 Å². The minimum Gasteiger partial charge on any atom is -0.488 e. The van der Waals surface area contributed by atoms with E-state index in [0.29, 0.717) is 27.1 Å². The summed E-state index contributed by atoms with van der Waals surface area (Å²) in [5.41, 5.74) is 2.48. The molecular weight excluding hydrogens is 372 g/mol. The van der Waals surface area contributed by atoms with Gasteiger partial charge in [0.2, 0.25) is 0 Å². The Morgan fingerprint density at radius 3 is 2.73 bits per heavy atom. The van der Waals surface area contributed by atoms with E-state index in [1.165, 1.54) is 12.1 Å². The number of benzene rings is 2. The molecule has 0 aromatic heterocycles. The van der Waals surface area contributed by atoms with E-state index < -0.39 is 4.92 Å². The number of thiocarbonyl (C=S) groups is 1. The molecule has 8 heteroatoms. The van der Waals surface area contributed by atoms with Crippen molar-refractivity contribution < 1.29 is 14.5 Å². The Labute approximate surface area is 159 Å². The van der Waals surface area contributed by atoms with Crippen LogP contribution >= 0.6 is 24.0 Å². The highest BCUT2D eigenvalue weighted by atomic mass is 32.2. The topological polar surface area (TPSA) is 81.5 Å². The van der Waals surface area contributed by atoms with Gasteiger partial charge in [-0.2, -0.15) is 0 Å². The van der Waals surface area contributed by atoms with Gasteiger partial charge in [0.1, 0.15) is 16.7 Å². The first-order valence-corrected chi connectivity index (χ1v) is 8.87. The molecule has 0 radical (unpaired) electrons. The van der Waals surface area contributed by atoms with Crippen LogP contribution in [-0.4, -0.2) is 15.2 Å². The number of rotatable bonds is 5. The van der Waals surface area contributed by atoms with Crippen molar-refractivity contribution in [3.8, 4) is 5.75 Å². The quantitative estimate of drug-likeness (QED) is 0.362. The van der Waals surface area contributed by atoms with Crippen molar-refractivity contribution in [3.63, 3.8) is 0 Å². The van der Waals surface area contributed by atoms with Gasteiger partial charge < -0.3 is 10.1 Å². The fraction of sp³-hybridized carbons (Fsp3) is 0.111. The molecule has 0 spiro atoms. The number of nitrogens with one attached hydrogen (secondary N) is 1. The Morgan fingerprint density at radius 2 is 2.08 bits per heavy atom. The Balaban J connectivity index is 1.93. The molecule has 132 valence electrons. The zero-order valence-electron chi connectivity index (χ0n) is 13.7. The molecule has 0 bridgehead atoms. The van der Waals surface area contributed by atoms with Crippen LogP contribution in [0, 0.1) is 17.0 Å². The summed E-state index contributed by atoms with van der Waals surface area (Å²) in [5.74, 6) is 0.133. The number of carbonyl (C=O) groups is 1. The molecule has 0 aliphatic carbocycles. The van der Waals surface area contributed by atoms with Crippen LogP contribution < -0.4 is 10.1 Å². The average Bonchev–Trinajstić information content (AvgIpc) is 2.92. The first kappa shape index (κ1) is 18.1. The maximum Gasteiger partial charge on any atom is 0.270 e. The summed E-state index contributed by atoms with van der Waals surface area (Å²) in [6.45, 7) is 2.30. The van der Waals surface area contributed by atoms with E-state index in [9.17, 15) is 14.9 Å². The van der Waals surface area contributed by atoms with Gasteiger partial charge >= 0.3 is 0 Å². The lowest BCUT2D eigenvalue weighted by Crippen LogP contribution is -2.17. The summed E-state index contributed by atoms with van der Waals surface area (Å²) in [5, 5.41) is 13.6. The molecule has 1 aliphatic rings. The molecule has 1 heterocycles. The zero-order chi connectivity index (χ0) is 18.7. The Kier molecular flexibility index (Phi) is 5.34. The van der Waals surface area contributed by atoms with E-state index >= 15 is 0 Å². The number of aryl methyl sites for hydroxylation is 1. The van der Waals surface area contributed by atoms with Crippen LogP contribution in [0.15, 0.2) is 47.4 Å². The first-order chi connectivity index (χ1) is 12.4. The Bertz CT molecular complexity index is 941. The summed E-state index contributed by atoms with van der Waals surface area (Å²) in [6, 6.07) is 12.1. The number of ether oxygens (including phenoxy) is 1. The van der Waals surface area contributed by atoms with Gasteiger partial charge in [-0.25, -0.2) is 0 Å². The number of amides is 1. The van der Waals surface area contributed by atoms with Crippen LogP contribution in [0.5, 0.6) is 5.75 Å². The lowest BCUT2D eigenvalue weighted by Gasteiger charge is -2.11. The summed E-state index contributed by atoms with van der Waals surface area (Å²) in [6.07, 6.45) is 1.56. The normalized spacial score (nSPS) is 15.2. The van der Waals surface area contributed by atoms with Gasteiger partial charge in [-0.05, 0) is 30.2 Å². The third-order valence-electron chi connectivity index (χ3n) is 3.78. The fourth-order valence-electron chi connectivity index (χ4n) is 2.38. The first-order valence-electron chi connectivity index (χ1n) is 7.64. The summed E-state index contributed by atoms with van der Waals surface area (Å²) in [7, 11) is 0. The van der Waals surface area contributed by atoms with Crippen molar-refractivity contribution in [2.24, 2.45) is 0 Å². The van der Waals surface area contributed by atoms with Gasteiger partial charge in [-0.1, -0.05) is 48.2 Å². The van der Waals surface area contributed by atoms with Crippen LogP contribution in [-0.2, 0) is 11.4 Å². The monoisotopic (exact) mass is 386 g/mol. The standard InChI is InChI=1S/C18H14N2O4S2/c1-11-4-2-3-5-12(11)10-24-15-7-6-14(20(22)23)8-13(15)9-16-17(21)19-18(25)26-16/h2-9H,10H2,1H3,(H,19,21,25)/b16-9-. The highest BCUT2D eigenvalue weighted by molar-refractivity contribution is 8.26. The van der Waals surface area contributed by atoms with Crippen molar-refractivity contribution in [2.45, 2.75) is 13.5 Å². The Hall–Kier alpha value is -2.71. The highest BCUT2D eigenvalue weighted by Crippen LogP contribution is 2.32. The van der Waals surface area contributed by atoms with E-state index in [4.69, 9.17) is 17.0 Å². The third kappa shape index (κ3) is 4.09. The molecule has 26 heavy (non-hydrogen) atoms. The van der Waals surface area contributed by atoms with Crippen molar-refractivity contribution in [1.82, 2.24) is 5.32 Å². The summed E-state index contributed by atoms with van der Waals surface area (Å²) in [4.78, 5) is 22.8. The van der Waals surface area contributed by atoms with Crippen LogP contribution in [0.2, 0.25) is 0 Å². The SMILES string of the molecule is Cc1ccccc1COc1ccc([N+](=O)[O-])cc1/C=C1\SC(=S)NC1=O. The second kappa shape index (κ2) is 7.67. The summed E-state index contributed by atoms with van der Waals surface area (Å²) >= 11 is 6.08. The molecular formula is C18H14N2O4S2. The van der Waals surface area contributed by atoms with Gasteiger partial charge in [0, 0.05) is 17.7 Å². The maximum absolute atomic E-state index is 11.9. The van der Waals surface area contributed by atoms with E-state index in [1.807, 2.05) is 31.2 Å². The second-order valence-electron chi connectivity index (χ2n) is 5.55. The fourth-order valence-corrected chi connectivity index (χ4v) is 3.42. The number of nitro groups is 1. The minimum absolute atomic E-state index is 0.0777. The van der Waals surface area contributed by atoms with E-state index in [2.05, 4.69) is 5.32 Å². The predicted molar refractivity (Wildman–Crippen MR) is 105 cm³/mol. The number of non-ortho nitro benzene ring substituents is 1. The number of hydrogen-bond acceptors (Lipinski definition) is 6. The Morgan fingerprint density at radius 1 is 1.31 bits per heavy atom. The van der Waals surface area contributed by atoms with Crippen LogP contribution in [0.1, 0.15) is 16.7 Å². The molecule has 1 aliphatic heterocycles. The van der Waals surface area contributed by atoms with Crippen molar-refractivity contribution >= 4 is 46.0 Å². The van der Waals surface area contributed by atoms with Gasteiger partial charge in [-0.3, -0.25) is 14.9 Å². The van der Waals surface area contributed by atoms with E-state index in [0.717, 1.165) is 22.9 Å². The lowest BCUT2D eigenvalue weighted by atomic mass is 10.1. The number of carbonyl (C=O) groups excluding carboxylic acids is 1. The van der Waals surface area contributed by atoms with Crippen molar-refractivity contribution in [2.75, 3.05) is 0 Å². The molecule has 3 rings (SSSR count). The molecule has 0 unspecified atom stereocenters. The molecule has 0 atom stereocenters. The average molecular weight is 386 g/mol. The molecule has 1 amide bonds. The molecule has 0 saturated carbocycles. The van der Waals surface area contributed by atoms with Crippen molar-refractivity contribution in [1.29, 1.82) is 0 Å². The summed E-state index contributed by atoms with van der Waals surface area (Å²) < 4.78 is 6.23. The van der Waals surface area contributed by atoms with E-state index in [1.54, 1.807) is 12.1 Å². The molecule has 1 saturated heterocycles. The van der Waals surface area contributed by atoms with Gasteiger partial charge in [0.05, 0.1) is 9.83 Å². The van der Waals surface area contributed by atoms with Gasteiger partial charge in [0.15, 0.2) is 0 Å². The number of hydrogen-bond donors (Lipinski definition) is 1. The second-order valence-corrected chi connectivity index (χ2v) is 7.27. The van der Waals surface area contributed by atoms with Gasteiger partial charge in [0.25, 0.3) is 11.6 Å². The number of nitro benzene ring substituents is 1. The van der Waals surface area contributed by atoms with Crippen LogP contribution in [0.4, 0.5) is 5.69 Å². The van der Waals surface area contributed by atoms with Gasteiger partial charge in [-0.15, -0.1) is 0 Å². The zero-order valence-corrected chi connectivity index (χ0v) is 15.4. The third-order valence-corrected chi connectivity index (χ3v) is 4.94. The highest BCUT2D eigenvalue weighted by Gasteiger charge is 2.23. The van der Waals surface area contributed by atoms with Crippen molar-refractivity contribution in [3.05, 3.63) is 74.2 Å².